The molecule has 4 aliphatic rings. The molecule has 1 amide bonds. The van der Waals surface area contributed by atoms with Crippen LogP contribution in [0.15, 0.2) is 36.4 Å². The van der Waals surface area contributed by atoms with Gasteiger partial charge in [-0.15, -0.1) is 0 Å². The van der Waals surface area contributed by atoms with E-state index < -0.39 is 12.6 Å². The Labute approximate surface area is 225 Å². The van der Waals surface area contributed by atoms with Crippen molar-refractivity contribution in [2.24, 2.45) is 17.8 Å². The van der Waals surface area contributed by atoms with Crippen molar-refractivity contribution in [2.45, 2.75) is 57.2 Å². The van der Waals surface area contributed by atoms with E-state index in [9.17, 15) is 9.36 Å². The van der Waals surface area contributed by atoms with Crippen molar-refractivity contribution in [1.29, 1.82) is 0 Å². The molecule has 204 valence electrons. The third kappa shape index (κ3) is 3.95. The lowest BCUT2D eigenvalue weighted by Crippen LogP contribution is -2.39. The molecule has 9 heteroatoms. The van der Waals surface area contributed by atoms with E-state index in [-0.39, 0.29) is 12.1 Å². The maximum absolute atomic E-state index is 13.4. The normalized spacial score (nSPS) is 31.5. The standard InChI is InChI=1S/C29H39N4O4P/c1-5-38(35,6-2)19-9-12-26(37-4)25(15-19)30-27-20-10-7-17(13-24(20)32-33-27)22-16-29(22)21-14-18(36-3)8-11-23(21)31-28(29)34/h8-9,11-12,14-15,17,20,22,24,27,30,32-33H,5-7,10,13,16H2,1-4H3,(H,31,34)/t17?,20?,22-,24?,27?,29-/m0/s1. The summed E-state index contributed by atoms with van der Waals surface area (Å²) < 4.78 is 24.5. The van der Waals surface area contributed by atoms with E-state index in [0.717, 1.165) is 59.4 Å². The Kier molecular flexibility index (Phi) is 6.48. The van der Waals surface area contributed by atoms with Gasteiger partial charge in [0.05, 0.1) is 31.5 Å². The summed E-state index contributed by atoms with van der Waals surface area (Å²) in [6.45, 7) is 4.00. The minimum atomic E-state index is -2.40. The first-order chi connectivity index (χ1) is 18.4. The molecule has 38 heavy (non-hydrogen) atoms. The average Bonchev–Trinajstić information content (AvgIpc) is 3.50. The molecule has 2 aliphatic heterocycles. The van der Waals surface area contributed by atoms with E-state index in [2.05, 4.69) is 21.5 Å². The lowest BCUT2D eigenvalue weighted by Gasteiger charge is -2.34. The molecular formula is C29H39N4O4P. The molecule has 6 atom stereocenters. The average molecular weight is 539 g/mol. The third-order valence-corrected chi connectivity index (χ3v) is 13.0. The Morgan fingerprint density at radius 2 is 1.87 bits per heavy atom. The van der Waals surface area contributed by atoms with Gasteiger partial charge in [-0.25, -0.2) is 5.43 Å². The number of hydrazine groups is 1. The second-order valence-electron chi connectivity index (χ2n) is 11.3. The Bertz CT molecular complexity index is 1290. The molecule has 1 saturated heterocycles. The summed E-state index contributed by atoms with van der Waals surface area (Å²) in [5.41, 5.74) is 9.55. The summed E-state index contributed by atoms with van der Waals surface area (Å²) in [6.07, 6.45) is 5.46. The van der Waals surface area contributed by atoms with E-state index in [4.69, 9.17) is 9.47 Å². The minimum absolute atomic E-state index is 0.0423. The molecule has 2 aliphatic carbocycles. The monoisotopic (exact) mass is 538 g/mol. The van der Waals surface area contributed by atoms with Crippen molar-refractivity contribution >= 4 is 29.7 Å². The number of nitrogens with one attached hydrogen (secondary N) is 4. The fourth-order valence-corrected chi connectivity index (χ4v) is 9.22. The SMILES string of the molecule is CCP(=O)(CC)c1ccc(OC)c(NC2NNC3CC([C@@H]4C[C@@]45C(=O)Nc4ccc(OC)cc45)CCC32)c1. The molecule has 2 heterocycles. The minimum Gasteiger partial charge on any atom is -0.497 e. The molecular weight excluding hydrogens is 499 g/mol. The second kappa shape index (κ2) is 9.58. The van der Waals surface area contributed by atoms with Crippen LogP contribution < -0.4 is 36.3 Å². The van der Waals surface area contributed by atoms with Crippen LogP contribution in [0.4, 0.5) is 11.4 Å². The van der Waals surface area contributed by atoms with E-state index in [1.807, 2.05) is 50.2 Å². The molecule has 0 radical (unpaired) electrons. The van der Waals surface area contributed by atoms with Crippen molar-refractivity contribution in [1.82, 2.24) is 10.9 Å². The number of anilines is 2. The number of ether oxygens (including phenoxy) is 2. The Morgan fingerprint density at radius 3 is 2.61 bits per heavy atom. The zero-order valence-electron chi connectivity index (χ0n) is 22.7. The van der Waals surface area contributed by atoms with Gasteiger partial charge in [-0.1, -0.05) is 13.8 Å². The molecule has 4 unspecified atom stereocenters. The van der Waals surface area contributed by atoms with Crippen molar-refractivity contribution in [3.8, 4) is 11.5 Å². The van der Waals surface area contributed by atoms with Gasteiger partial charge in [0, 0.05) is 35.3 Å². The number of hydrogen-bond acceptors (Lipinski definition) is 7. The largest absolute Gasteiger partial charge is 0.497 e. The quantitative estimate of drug-likeness (QED) is 0.373. The highest BCUT2D eigenvalue weighted by atomic mass is 31.2. The van der Waals surface area contributed by atoms with Crippen molar-refractivity contribution in [3.05, 3.63) is 42.0 Å². The highest BCUT2D eigenvalue weighted by Crippen LogP contribution is 2.65. The molecule has 1 spiro atoms. The van der Waals surface area contributed by atoms with Gasteiger partial charge in [-0.2, -0.15) is 0 Å². The Balaban J connectivity index is 1.16. The maximum Gasteiger partial charge on any atom is 0.235 e. The van der Waals surface area contributed by atoms with Crippen LogP contribution >= 0.6 is 7.14 Å². The third-order valence-electron chi connectivity index (χ3n) is 9.73. The van der Waals surface area contributed by atoms with E-state index in [0.29, 0.717) is 36.1 Å². The van der Waals surface area contributed by atoms with Gasteiger partial charge >= 0.3 is 0 Å². The lowest BCUT2D eigenvalue weighted by atomic mass is 9.74. The molecule has 0 bridgehead atoms. The number of rotatable bonds is 8. The van der Waals surface area contributed by atoms with Crippen molar-refractivity contribution < 1.29 is 18.8 Å². The molecule has 3 fully saturated rings. The van der Waals surface area contributed by atoms with Gasteiger partial charge in [0.25, 0.3) is 0 Å². The maximum atomic E-state index is 13.4. The first-order valence-electron chi connectivity index (χ1n) is 13.9. The Hall–Kier alpha value is -2.54. The van der Waals surface area contributed by atoms with Crippen LogP contribution in [-0.4, -0.2) is 44.7 Å². The van der Waals surface area contributed by atoms with Crippen LogP contribution in [-0.2, 0) is 14.8 Å². The second-order valence-corrected chi connectivity index (χ2v) is 14.9. The molecule has 8 nitrogen and oxygen atoms in total. The summed E-state index contributed by atoms with van der Waals surface area (Å²) in [5.74, 6) is 2.97. The summed E-state index contributed by atoms with van der Waals surface area (Å²) in [4.78, 5) is 13.1. The molecule has 2 aromatic carbocycles. The predicted molar refractivity (Wildman–Crippen MR) is 151 cm³/mol. The molecule has 6 rings (SSSR count). The van der Waals surface area contributed by atoms with Crippen LogP contribution in [0.25, 0.3) is 0 Å². The molecule has 0 aromatic heterocycles. The number of methoxy groups -OCH3 is 2. The number of carbonyl (C=O) groups excluding carboxylic acids is 1. The van der Waals surface area contributed by atoms with Crippen LogP contribution in [0, 0.1) is 17.8 Å². The van der Waals surface area contributed by atoms with Gasteiger partial charge in [0.1, 0.15) is 18.6 Å². The van der Waals surface area contributed by atoms with Crippen molar-refractivity contribution in [3.63, 3.8) is 0 Å². The Morgan fingerprint density at radius 1 is 1.05 bits per heavy atom. The number of hydrogen-bond donors (Lipinski definition) is 4. The lowest BCUT2D eigenvalue weighted by molar-refractivity contribution is -0.118. The van der Waals surface area contributed by atoms with Crippen LogP contribution in [0.3, 0.4) is 0 Å². The molecule has 4 N–H and O–H groups in total. The van der Waals surface area contributed by atoms with E-state index >= 15 is 0 Å². The number of amides is 1. The highest BCUT2D eigenvalue weighted by Gasteiger charge is 2.67. The zero-order valence-corrected chi connectivity index (χ0v) is 23.6. The number of benzene rings is 2. The highest BCUT2D eigenvalue weighted by molar-refractivity contribution is 7.71. The zero-order chi connectivity index (χ0) is 26.7. The first-order valence-corrected chi connectivity index (χ1v) is 16.0. The summed E-state index contributed by atoms with van der Waals surface area (Å²) in [6, 6.07) is 12.1. The van der Waals surface area contributed by atoms with Gasteiger partial charge < -0.3 is 24.7 Å². The van der Waals surface area contributed by atoms with Crippen LogP contribution in [0.2, 0.25) is 0 Å². The van der Waals surface area contributed by atoms with E-state index in [1.165, 1.54) is 0 Å². The number of carbonyl (C=O) groups is 1. The smallest absolute Gasteiger partial charge is 0.235 e. The molecule has 2 saturated carbocycles. The first kappa shape index (κ1) is 25.7. The fraction of sp³-hybridized carbons (Fsp3) is 0.552. The van der Waals surface area contributed by atoms with Gasteiger partial charge in [-0.05, 0) is 79.5 Å². The summed E-state index contributed by atoms with van der Waals surface area (Å²) in [7, 11) is 0.949. The summed E-state index contributed by atoms with van der Waals surface area (Å²) >= 11 is 0. The summed E-state index contributed by atoms with van der Waals surface area (Å²) in [5, 5.41) is 7.69. The van der Waals surface area contributed by atoms with Gasteiger partial charge in [0.2, 0.25) is 5.91 Å². The topological polar surface area (TPSA) is 101 Å². The van der Waals surface area contributed by atoms with E-state index in [1.54, 1.807) is 14.2 Å². The van der Waals surface area contributed by atoms with Crippen molar-refractivity contribution in [2.75, 3.05) is 37.2 Å². The predicted octanol–water partition coefficient (Wildman–Crippen LogP) is 4.27. The van der Waals surface area contributed by atoms with Crippen LogP contribution in [0.1, 0.15) is 45.1 Å². The van der Waals surface area contributed by atoms with Gasteiger partial charge in [-0.3, -0.25) is 10.2 Å². The van der Waals surface area contributed by atoms with Crippen LogP contribution in [0.5, 0.6) is 11.5 Å². The van der Waals surface area contributed by atoms with Gasteiger partial charge in [0.15, 0.2) is 0 Å². The number of fused-ring (bicyclic) bond motifs is 3. The molecule has 2 aromatic rings. The fourth-order valence-electron chi connectivity index (χ4n) is 7.33.